The molecule has 0 spiro atoms. The third-order valence-corrected chi connectivity index (χ3v) is 4.30. The number of rotatable bonds is 3. The fraction of sp³-hybridized carbons (Fsp3) is 0.889. The Labute approximate surface area is 95.7 Å². The zero-order chi connectivity index (χ0) is 12.5. The Morgan fingerprint density at radius 1 is 1.38 bits per heavy atom. The molecule has 7 heteroatoms. The highest BCUT2D eigenvalue weighted by atomic mass is 32.2. The summed E-state index contributed by atoms with van der Waals surface area (Å²) in [6, 6.07) is -0.660. The molecule has 0 bridgehead atoms. The van der Waals surface area contributed by atoms with Gasteiger partial charge in [-0.3, -0.25) is 9.80 Å². The van der Waals surface area contributed by atoms with E-state index >= 15 is 0 Å². The standard InChI is InChI=1S/C9H18N2O4S/c1-4-9(13)11(10(2)3)7-5-16(14,15)6-8(7)12/h7-8,12H,4-6H2,1-3H3/t7-,8-/m0/s1. The molecule has 1 amide bonds. The number of nitrogens with zero attached hydrogens (tertiary/aromatic N) is 2. The van der Waals surface area contributed by atoms with Crippen LogP contribution in [0.2, 0.25) is 0 Å². The van der Waals surface area contributed by atoms with Gasteiger partial charge in [-0.15, -0.1) is 0 Å². The van der Waals surface area contributed by atoms with Crippen molar-refractivity contribution in [1.82, 2.24) is 10.0 Å². The van der Waals surface area contributed by atoms with Crippen molar-refractivity contribution in [2.75, 3.05) is 25.6 Å². The van der Waals surface area contributed by atoms with Gasteiger partial charge in [0.25, 0.3) is 0 Å². The minimum Gasteiger partial charge on any atom is -0.390 e. The Hall–Kier alpha value is -0.660. The molecule has 0 saturated carbocycles. The van der Waals surface area contributed by atoms with E-state index in [0.717, 1.165) is 0 Å². The topological polar surface area (TPSA) is 77.9 Å². The van der Waals surface area contributed by atoms with Gasteiger partial charge in [0.15, 0.2) is 9.84 Å². The van der Waals surface area contributed by atoms with Gasteiger partial charge in [0.2, 0.25) is 5.91 Å². The number of carbonyl (C=O) groups is 1. The van der Waals surface area contributed by atoms with Gasteiger partial charge in [0.05, 0.1) is 23.7 Å². The molecule has 1 saturated heterocycles. The molecule has 6 nitrogen and oxygen atoms in total. The molecular weight excluding hydrogens is 232 g/mol. The van der Waals surface area contributed by atoms with Crippen molar-refractivity contribution < 1.29 is 18.3 Å². The predicted octanol–water partition coefficient (Wildman–Crippen LogP) is -1.14. The largest absolute Gasteiger partial charge is 0.390 e. The summed E-state index contributed by atoms with van der Waals surface area (Å²) in [6.45, 7) is 1.70. The first-order chi connectivity index (χ1) is 7.28. The molecule has 1 aliphatic heterocycles. The molecule has 0 aliphatic carbocycles. The monoisotopic (exact) mass is 250 g/mol. The molecule has 0 radical (unpaired) electrons. The number of hydrogen-bond acceptors (Lipinski definition) is 5. The second kappa shape index (κ2) is 4.68. The maximum atomic E-state index is 11.7. The maximum Gasteiger partial charge on any atom is 0.236 e. The fourth-order valence-electron chi connectivity index (χ4n) is 1.91. The van der Waals surface area contributed by atoms with Crippen molar-refractivity contribution >= 4 is 15.7 Å². The average molecular weight is 250 g/mol. The van der Waals surface area contributed by atoms with Gasteiger partial charge in [-0.25, -0.2) is 13.4 Å². The van der Waals surface area contributed by atoms with Crippen molar-refractivity contribution in [2.24, 2.45) is 0 Å². The van der Waals surface area contributed by atoms with Crippen LogP contribution in [-0.2, 0) is 14.6 Å². The van der Waals surface area contributed by atoms with Gasteiger partial charge in [0, 0.05) is 20.5 Å². The maximum absolute atomic E-state index is 11.7. The zero-order valence-electron chi connectivity index (χ0n) is 9.75. The smallest absolute Gasteiger partial charge is 0.236 e. The van der Waals surface area contributed by atoms with Crippen LogP contribution in [0, 0.1) is 0 Å². The summed E-state index contributed by atoms with van der Waals surface area (Å²) in [5.41, 5.74) is 0. The molecule has 1 heterocycles. The first-order valence-electron chi connectivity index (χ1n) is 5.16. The van der Waals surface area contributed by atoms with Crippen LogP contribution < -0.4 is 0 Å². The lowest BCUT2D eigenvalue weighted by Gasteiger charge is -2.35. The molecule has 1 N–H and O–H groups in total. The summed E-state index contributed by atoms with van der Waals surface area (Å²) in [5, 5.41) is 12.5. The summed E-state index contributed by atoms with van der Waals surface area (Å²) in [6.07, 6.45) is -0.718. The molecule has 1 fully saturated rings. The van der Waals surface area contributed by atoms with Crippen molar-refractivity contribution in [3.05, 3.63) is 0 Å². The molecule has 0 aromatic rings. The number of aliphatic hydroxyl groups excluding tert-OH is 1. The lowest BCUT2D eigenvalue weighted by atomic mass is 10.2. The van der Waals surface area contributed by atoms with E-state index in [4.69, 9.17) is 0 Å². The Balaban J connectivity index is 2.93. The molecule has 0 aromatic carbocycles. The van der Waals surface area contributed by atoms with E-state index in [1.54, 1.807) is 21.0 Å². The Bertz CT molecular complexity index is 366. The SMILES string of the molecule is CCC(=O)N([C@H]1CS(=O)(=O)C[C@@H]1O)N(C)C. The highest BCUT2D eigenvalue weighted by Gasteiger charge is 2.42. The second-order valence-electron chi connectivity index (χ2n) is 4.15. The van der Waals surface area contributed by atoms with Crippen molar-refractivity contribution in [3.63, 3.8) is 0 Å². The van der Waals surface area contributed by atoms with Crippen molar-refractivity contribution in [3.8, 4) is 0 Å². The average Bonchev–Trinajstić information content (AvgIpc) is 2.39. The van der Waals surface area contributed by atoms with Gasteiger partial charge in [-0.05, 0) is 0 Å². The molecule has 0 aromatic heterocycles. The van der Waals surface area contributed by atoms with Crippen LogP contribution in [0.15, 0.2) is 0 Å². The molecule has 0 unspecified atom stereocenters. The molecule has 1 rings (SSSR count). The molecule has 16 heavy (non-hydrogen) atoms. The Morgan fingerprint density at radius 2 is 1.94 bits per heavy atom. The highest BCUT2D eigenvalue weighted by molar-refractivity contribution is 7.91. The first-order valence-corrected chi connectivity index (χ1v) is 6.98. The molecular formula is C9H18N2O4S. The van der Waals surface area contributed by atoms with E-state index in [9.17, 15) is 18.3 Å². The lowest BCUT2D eigenvalue weighted by molar-refractivity contribution is -0.152. The number of carbonyl (C=O) groups excluding carboxylic acids is 1. The van der Waals surface area contributed by atoms with E-state index in [1.165, 1.54) is 10.0 Å². The number of amides is 1. The molecule has 94 valence electrons. The normalized spacial score (nSPS) is 28.3. The van der Waals surface area contributed by atoms with Crippen molar-refractivity contribution in [2.45, 2.75) is 25.5 Å². The summed E-state index contributed by atoms with van der Waals surface area (Å²) in [7, 11) is 0.0804. The van der Waals surface area contributed by atoms with Crippen LogP contribution in [-0.4, -0.2) is 67.2 Å². The summed E-state index contributed by atoms with van der Waals surface area (Å²) in [5.74, 6) is -0.622. The van der Waals surface area contributed by atoms with E-state index in [2.05, 4.69) is 0 Å². The van der Waals surface area contributed by atoms with Gasteiger partial charge in [0.1, 0.15) is 0 Å². The van der Waals surface area contributed by atoms with E-state index in [-0.39, 0.29) is 23.8 Å². The minimum absolute atomic E-state index is 0.169. The highest BCUT2D eigenvalue weighted by Crippen LogP contribution is 2.19. The number of aliphatic hydroxyl groups is 1. The third-order valence-electron chi connectivity index (χ3n) is 2.60. The van der Waals surface area contributed by atoms with Gasteiger partial charge < -0.3 is 5.11 Å². The lowest BCUT2D eigenvalue weighted by Crippen LogP contribution is -2.53. The van der Waals surface area contributed by atoms with Gasteiger partial charge in [-0.1, -0.05) is 6.92 Å². The number of hydrogen-bond donors (Lipinski definition) is 1. The van der Waals surface area contributed by atoms with Crippen LogP contribution in [0.25, 0.3) is 0 Å². The van der Waals surface area contributed by atoms with Gasteiger partial charge >= 0.3 is 0 Å². The predicted molar refractivity (Wildman–Crippen MR) is 59.3 cm³/mol. The van der Waals surface area contributed by atoms with E-state index in [1.807, 2.05) is 0 Å². The molecule has 2 atom stereocenters. The second-order valence-corrected chi connectivity index (χ2v) is 6.30. The number of sulfone groups is 1. The Kier molecular flexibility index (Phi) is 3.92. The number of hydrazine groups is 1. The van der Waals surface area contributed by atoms with Crippen LogP contribution in [0.1, 0.15) is 13.3 Å². The van der Waals surface area contributed by atoms with Crippen LogP contribution in [0.5, 0.6) is 0 Å². The zero-order valence-corrected chi connectivity index (χ0v) is 10.6. The minimum atomic E-state index is -3.24. The Morgan fingerprint density at radius 3 is 2.25 bits per heavy atom. The quantitative estimate of drug-likeness (QED) is 0.641. The van der Waals surface area contributed by atoms with Crippen molar-refractivity contribution in [1.29, 1.82) is 0 Å². The third kappa shape index (κ3) is 2.72. The first kappa shape index (κ1) is 13.4. The van der Waals surface area contributed by atoms with Gasteiger partial charge in [-0.2, -0.15) is 0 Å². The summed E-state index contributed by atoms with van der Waals surface area (Å²) >= 11 is 0. The molecule has 1 aliphatic rings. The summed E-state index contributed by atoms with van der Waals surface area (Å²) in [4.78, 5) is 11.7. The summed E-state index contributed by atoms with van der Waals surface area (Å²) < 4.78 is 22.7. The fourth-order valence-corrected chi connectivity index (χ4v) is 3.67. The van der Waals surface area contributed by atoms with Crippen LogP contribution in [0.4, 0.5) is 0 Å². The van der Waals surface area contributed by atoms with Crippen LogP contribution >= 0.6 is 0 Å². The van der Waals surface area contributed by atoms with E-state index < -0.39 is 22.0 Å². The van der Waals surface area contributed by atoms with Crippen LogP contribution in [0.3, 0.4) is 0 Å². The van der Waals surface area contributed by atoms with E-state index in [0.29, 0.717) is 0 Å².